The van der Waals surface area contributed by atoms with Gasteiger partial charge in [-0.05, 0) is 37.6 Å². The van der Waals surface area contributed by atoms with Crippen LogP contribution in [0.1, 0.15) is 27.9 Å². The van der Waals surface area contributed by atoms with E-state index in [4.69, 9.17) is 9.47 Å². The second-order valence-corrected chi connectivity index (χ2v) is 6.84. The topological polar surface area (TPSA) is 72.8 Å². The molecule has 0 saturated heterocycles. The summed E-state index contributed by atoms with van der Waals surface area (Å²) in [6.07, 6.45) is 1.56. The van der Waals surface area contributed by atoms with Crippen molar-refractivity contribution in [3.05, 3.63) is 64.7 Å². The number of benzene rings is 2. The zero-order valence-corrected chi connectivity index (χ0v) is 16.7. The average molecular weight is 395 g/mol. The molecule has 1 N–H and O–H groups in total. The molecule has 0 aliphatic rings. The van der Waals surface area contributed by atoms with Crippen LogP contribution in [-0.2, 0) is 0 Å². The van der Waals surface area contributed by atoms with E-state index in [-0.39, 0.29) is 5.91 Å². The molecule has 0 radical (unpaired) electrons. The van der Waals surface area contributed by atoms with E-state index in [2.05, 4.69) is 15.5 Å². The lowest BCUT2D eigenvalue weighted by Gasteiger charge is -2.09. The van der Waals surface area contributed by atoms with E-state index in [9.17, 15) is 4.79 Å². The van der Waals surface area contributed by atoms with Gasteiger partial charge in [-0.25, -0.2) is 10.4 Å². The minimum atomic E-state index is -0.286. The van der Waals surface area contributed by atoms with Crippen molar-refractivity contribution in [3.8, 4) is 22.1 Å². The average Bonchev–Trinajstić information content (AvgIpc) is 3.11. The van der Waals surface area contributed by atoms with Crippen LogP contribution in [0.4, 0.5) is 0 Å². The third-order valence-corrected chi connectivity index (χ3v) is 5.10. The molecule has 28 heavy (non-hydrogen) atoms. The molecule has 0 aliphatic carbocycles. The number of hydrazone groups is 1. The largest absolute Gasteiger partial charge is 0.493 e. The first-order chi connectivity index (χ1) is 13.6. The number of rotatable bonds is 7. The highest BCUT2D eigenvalue weighted by atomic mass is 32.1. The maximum atomic E-state index is 12.5. The Labute approximate surface area is 167 Å². The molecule has 0 unspecified atom stereocenters. The van der Waals surface area contributed by atoms with E-state index in [1.54, 1.807) is 19.4 Å². The van der Waals surface area contributed by atoms with Gasteiger partial charge in [0.1, 0.15) is 9.88 Å². The lowest BCUT2D eigenvalue weighted by Crippen LogP contribution is -2.17. The van der Waals surface area contributed by atoms with Crippen molar-refractivity contribution in [1.29, 1.82) is 0 Å². The summed E-state index contributed by atoms with van der Waals surface area (Å²) in [4.78, 5) is 17.5. The fourth-order valence-electron chi connectivity index (χ4n) is 2.57. The predicted octanol–water partition coefficient (Wildman–Crippen LogP) is 4.29. The summed E-state index contributed by atoms with van der Waals surface area (Å²) in [5, 5.41) is 4.86. The van der Waals surface area contributed by atoms with Gasteiger partial charge in [0.2, 0.25) is 0 Å². The standard InChI is InChI=1S/C21H21N3O3S/c1-4-27-17-11-10-15(12-18(17)26-3)13-22-24-20(25)19-14(2)23-21(28-19)16-8-6-5-7-9-16/h5-13H,4H2,1-3H3,(H,24,25)/b22-13+. The summed E-state index contributed by atoms with van der Waals surface area (Å²) in [6.45, 7) is 4.28. The van der Waals surface area contributed by atoms with Crippen molar-refractivity contribution in [2.24, 2.45) is 5.10 Å². The van der Waals surface area contributed by atoms with E-state index in [0.717, 1.165) is 16.1 Å². The lowest BCUT2D eigenvalue weighted by atomic mass is 10.2. The highest BCUT2D eigenvalue weighted by molar-refractivity contribution is 7.17. The summed E-state index contributed by atoms with van der Waals surface area (Å²) < 4.78 is 10.8. The molecule has 144 valence electrons. The quantitative estimate of drug-likeness (QED) is 0.478. The van der Waals surface area contributed by atoms with Gasteiger partial charge in [0.15, 0.2) is 11.5 Å². The fourth-order valence-corrected chi connectivity index (χ4v) is 3.53. The molecular formula is C21H21N3O3S. The second kappa shape index (κ2) is 9.14. The number of ether oxygens (including phenoxy) is 2. The Hall–Kier alpha value is -3.19. The zero-order valence-electron chi connectivity index (χ0n) is 15.9. The summed E-state index contributed by atoms with van der Waals surface area (Å²) in [6, 6.07) is 15.2. The van der Waals surface area contributed by atoms with Crippen LogP contribution in [0.2, 0.25) is 0 Å². The number of hydrogen-bond acceptors (Lipinski definition) is 6. The first-order valence-electron chi connectivity index (χ1n) is 8.79. The Balaban J connectivity index is 1.70. The van der Waals surface area contributed by atoms with E-state index in [1.165, 1.54) is 11.3 Å². The maximum absolute atomic E-state index is 12.5. The number of nitrogens with one attached hydrogen (secondary N) is 1. The second-order valence-electron chi connectivity index (χ2n) is 5.84. The first kappa shape index (κ1) is 19.6. The smallest absolute Gasteiger partial charge is 0.283 e. The minimum absolute atomic E-state index is 0.286. The van der Waals surface area contributed by atoms with E-state index >= 15 is 0 Å². The predicted molar refractivity (Wildman–Crippen MR) is 112 cm³/mol. The third kappa shape index (κ3) is 4.55. The van der Waals surface area contributed by atoms with Gasteiger partial charge in [-0.3, -0.25) is 4.79 Å². The van der Waals surface area contributed by atoms with E-state index in [0.29, 0.717) is 28.7 Å². The van der Waals surface area contributed by atoms with Gasteiger partial charge >= 0.3 is 0 Å². The highest BCUT2D eigenvalue weighted by Crippen LogP contribution is 2.28. The number of aryl methyl sites for hydroxylation is 1. The highest BCUT2D eigenvalue weighted by Gasteiger charge is 2.15. The van der Waals surface area contributed by atoms with Crippen LogP contribution in [-0.4, -0.2) is 30.8 Å². The number of carbonyl (C=O) groups excluding carboxylic acids is 1. The number of aromatic nitrogens is 1. The molecule has 0 saturated carbocycles. The van der Waals surface area contributed by atoms with Crippen LogP contribution in [0, 0.1) is 6.92 Å². The molecule has 1 heterocycles. The molecule has 1 amide bonds. The normalized spacial score (nSPS) is 10.8. The Morgan fingerprint density at radius 2 is 2.00 bits per heavy atom. The van der Waals surface area contributed by atoms with Crippen molar-refractivity contribution >= 4 is 23.5 Å². The van der Waals surface area contributed by atoms with Gasteiger partial charge in [0.05, 0.1) is 25.6 Å². The zero-order chi connectivity index (χ0) is 19.9. The summed E-state index contributed by atoms with van der Waals surface area (Å²) in [5.41, 5.74) is 5.01. The van der Waals surface area contributed by atoms with Gasteiger partial charge < -0.3 is 9.47 Å². The molecule has 6 nitrogen and oxygen atoms in total. The van der Waals surface area contributed by atoms with Crippen LogP contribution in [0.3, 0.4) is 0 Å². The molecule has 0 atom stereocenters. The fraction of sp³-hybridized carbons (Fsp3) is 0.190. The molecule has 0 spiro atoms. The lowest BCUT2D eigenvalue weighted by molar-refractivity contribution is 0.0958. The van der Waals surface area contributed by atoms with Crippen LogP contribution in [0.15, 0.2) is 53.6 Å². The van der Waals surface area contributed by atoms with Crippen LogP contribution in [0.25, 0.3) is 10.6 Å². The minimum Gasteiger partial charge on any atom is -0.493 e. The van der Waals surface area contributed by atoms with Crippen molar-refractivity contribution < 1.29 is 14.3 Å². The van der Waals surface area contributed by atoms with Crippen molar-refractivity contribution in [3.63, 3.8) is 0 Å². The molecule has 7 heteroatoms. The summed E-state index contributed by atoms with van der Waals surface area (Å²) in [5.74, 6) is 0.995. The SMILES string of the molecule is CCOc1ccc(/C=N/NC(=O)c2sc(-c3ccccc3)nc2C)cc1OC. The van der Waals surface area contributed by atoms with Gasteiger partial charge in [-0.2, -0.15) is 5.10 Å². The van der Waals surface area contributed by atoms with Crippen LogP contribution >= 0.6 is 11.3 Å². The molecule has 0 fully saturated rings. The van der Waals surface area contributed by atoms with Gasteiger partial charge in [-0.15, -0.1) is 11.3 Å². The van der Waals surface area contributed by atoms with Gasteiger partial charge in [-0.1, -0.05) is 30.3 Å². The first-order valence-corrected chi connectivity index (χ1v) is 9.61. The van der Waals surface area contributed by atoms with Crippen LogP contribution in [0.5, 0.6) is 11.5 Å². The van der Waals surface area contributed by atoms with Gasteiger partial charge in [0.25, 0.3) is 5.91 Å². The van der Waals surface area contributed by atoms with E-state index < -0.39 is 0 Å². The molecule has 1 aromatic heterocycles. The Bertz CT molecular complexity index is 984. The summed E-state index contributed by atoms with van der Waals surface area (Å²) in [7, 11) is 1.58. The van der Waals surface area contributed by atoms with Crippen molar-refractivity contribution in [2.45, 2.75) is 13.8 Å². The number of hydrogen-bond donors (Lipinski definition) is 1. The Kier molecular flexibility index (Phi) is 6.39. The van der Waals surface area contributed by atoms with Crippen molar-refractivity contribution in [1.82, 2.24) is 10.4 Å². The monoisotopic (exact) mass is 395 g/mol. The molecular weight excluding hydrogens is 374 g/mol. The summed E-state index contributed by atoms with van der Waals surface area (Å²) >= 11 is 1.35. The van der Waals surface area contributed by atoms with Crippen LogP contribution < -0.4 is 14.9 Å². The number of thiazole rings is 1. The molecule has 3 aromatic rings. The molecule has 0 bridgehead atoms. The van der Waals surface area contributed by atoms with Crippen molar-refractivity contribution in [2.75, 3.05) is 13.7 Å². The third-order valence-electron chi connectivity index (χ3n) is 3.89. The number of methoxy groups -OCH3 is 1. The number of nitrogens with zero attached hydrogens (tertiary/aromatic N) is 2. The van der Waals surface area contributed by atoms with Gasteiger partial charge in [0, 0.05) is 5.56 Å². The maximum Gasteiger partial charge on any atom is 0.283 e. The number of carbonyl (C=O) groups is 1. The molecule has 2 aromatic carbocycles. The Morgan fingerprint density at radius 3 is 2.71 bits per heavy atom. The van der Waals surface area contributed by atoms with E-state index in [1.807, 2.05) is 56.3 Å². The molecule has 3 rings (SSSR count). The Morgan fingerprint density at radius 1 is 1.21 bits per heavy atom. The number of amides is 1. The molecule has 0 aliphatic heterocycles.